The van der Waals surface area contributed by atoms with Crippen LogP contribution in [-0.2, 0) is 13.1 Å². The van der Waals surface area contributed by atoms with Gasteiger partial charge in [-0.05, 0) is 55.2 Å². The van der Waals surface area contributed by atoms with Crippen LogP contribution < -0.4 is 5.56 Å². The lowest BCUT2D eigenvalue weighted by Crippen LogP contribution is -2.38. The molecule has 0 radical (unpaired) electrons. The highest BCUT2D eigenvalue weighted by Gasteiger charge is 2.25. The van der Waals surface area contributed by atoms with Crippen LogP contribution >= 0.6 is 11.3 Å². The molecule has 4 aromatic rings. The minimum Gasteiger partial charge on any atom is -0.308 e. The van der Waals surface area contributed by atoms with Crippen LogP contribution in [0.3, 0.4) is 0 Å². The van der Waals surface area contributed by atoms with E-state index in [1.165, 1.54) is 23.5 Å². The number of thiophene rings is 1. The van der Waals surface area contributed by atoms with E-state index in [9.17, 15) is 9.18 Å². The second-order valence-corrected chi connectivity index (χ2v) is 9.71. The first-order valence-corrected chi connectivity index (χ1v) is 12.5. The molecule has 0 bridgehead atoms. The van der Waals surface area contributed by atoms with Gasteiger partial charge in [-0.2, -0.15) is 0 Å². The highest BCUT2D eigenvalue weighted by Crippen LogP contribution is 2.27. The zero-order valence-corrected chi connectivity index (χ0v) is 20.8. The highest BCUT2D eigenvalue weighted by atomic mass is 32.1. The summed E-state index contributed by atoms with van der Waals surface area (Å²) in [7, 11) is 4.11. The minimum absolute atomic E-state index is 0.00195. The minimum atomic E-state index is -0.239. The lowest BCUT2D eigenvalue weighted by atomic mass is 10.1. The fraction of sp³-hybridized carbons (Fsp3) is 0.333. The number of likely N-dealkylation sites (N-methyl/N-ethyl adjacent to an activating group) is 1. The van der Waals surface area contributed by atoms with Crippen molar-refractivity contribution in [1.82, 2.24) is 19.4 Å². The third kappa shape index (κ3) is 5.60. The molecule has 0 amide bonds. The molecule has 2 heterocycles. The van der Waals surface area contributed by atoms with Crippen LogP contribution in [-0.4, -0.2) is 46.5 Å². The number of aromatic nitrogens is 2. The van der Waals surface area contributed by atoms with E-state index in [-0.39, 0.29) is 17.4 Å². The standard InChI is InChI=1S/C27H31FN4OS/c1-4-24(31(16-15-30(2)3)18-21-10-12-22(28)13-11-21)25-29-26-23(14-17-34-26)27(33)32(25)19-20-8-6-5-7-9-20/h5-14,17,24H,4,15-16,18-19H2,1-3H3. The molecule has 0 aliphatic heterocycles. The number of hydrogen-bond donors (Lipinski definition) is 0. The maximum atomic E-state index is 13.6. The molecule has 2 aromatic carbocycles. The second kappa shape index (κ2) is 11.0. The van der Waals surface area contributed by atoms with Crippen molar-refractivity contribution in [1.29, 1.82) is 0 Å². The Morgan fingerprint density at radius 1 is 1.00 bits per heavy atom. The summed E-state index contributed by atoms with van der Waals surface area (Å²) in [6.07, 6.45) is 0.798. The predicted octanol–water partition coefficient (Wildman–Crippen LogP) is 5.16. The Bertz CT molecular complexity index is 1270. The molecular formula is C27H31FN4OS. The topological polar surface area (TPSA) is 41.4 Å². The van der Waals surface area contributed by atoms with Gasteiger partial charge in [-0.1, -0.05) is 49.4 Å². The van der Waals surface area contributed by atoms with Crippen molar-refractivity contribution in [2.24, 2.45) is 0 Å². The Morgan fingerprint density at radius 3 is 2.41 bits per heavy atom. The lowest BCUT2D eigenvalue weighted by Gasteiger charge is -2.33. The molecule has 5 nitrogen and oxygen atoms in total. The van der Waals surface area contributed by atoms with Crippen molar-refractivity contribution in [3.63, 3.8) is 0 Å². The summed E-state index contributed by atoms with van der Waals surface area (Å²) in [6.45, 7) is 4.92. The molecule has 0 spiro atoms. The van der Waals surface area contributed by atoms with Crippen LogP contribution in [0.15, 0.2) is 70.8 Å². The fourth-order valence-corrected chi connectivity index (χ4v) is 5.00. The third-order valence-electron chi connectivity index (χ3n) is 6.06. The van der Waals surface area contributed by atoms with Crippen molar-refractivity contribution in [2.45, 2.75) is 32.5 Å². The van der Waals surface area contributed by atoms with Crippen molar-refractivity contribution < 1.29 is 4.39 Å². The molecule has 0 fully saturated rings. The van der Waals surface area contributed by atoms with Gasteiger partial charge in [-0.15, -0.1) is 11.3 Å². The molecule has 1 unspecified atom stereocenters. The maximum absolute atomic E-state index is 13.6. The summed E-state index contributed by atoms with van der Waals surface area (Å²) in [5, 5.41) is 2.59. The average Bonchev–Trinajstić information content (AvgIpc) is 3.31. The summed E-state index contributed by atoms with van der Waals surface area (Å²) >= 11 is 1.50. The van der Waals surface area contributed by atoms with Crippen LogP contribution in [0.4, 0.5) is 4.39 Å². The van der Waals surface area contributed by atoms with Crippen LogP contribution in [0.25, 0.3) is 10.2 Å². The summed E-state index contributed by atoms with van der Waals surface area (Å²) in [4.78, 5) is 23.9. The van der Waals surface area contributed by atoms with Gasteiger partial charge in [0.15, 0.2) is 0 Å². The third-order valence-corrected chi connectivity index (χ3v) is 6.86. The van der Waals surface area contributed by atoms with E-state index in [0.717, 1.165) is 41.3 Å². The average molecular weight is 479 g/mol. The Hall–Kier alpha value is -2.87. The number of nitrogens with zero attached hydrogens (tertiary/aromatic N) is 4. The van der Waals surface area contributed by atoms with E-state index in [0.29, 0.717) is 18.5 Å². The molecule has 0 saturated carbocycles. The van der Waals surface area contributed by atoms with Gasteiger partial charge in [0.2, 0.25) is 0 Å². The zero-order chi connectivity index (χ0) is 24.1. The first-order valence-electron chi connectivity index (χ1n) is 11.6. The van der Waals surface area contributed by atoms with Gasteiger partial charge in [0, 0.05) is 19.6 Å². The zero-order valence-electron chi connectivity index (χ0n) is 19.9. The smallest absolute Gasteiger partial charge is 0.262 e. The van der Waals surface area contributed by atoms with Gasteiger partial charge in [0.1, 0.15) is 16.5 Å². The molecule has 7 heteroatoms. The Labute approximate surface area is 204 Å². The van der Waals surface area contributed by atoms with E-state index >= 15 is 0 Å². The predicted molar refractivity (Wildman–Crippen MR) is 138 cm³/mol. The van der Waals surface area contributed by atoms with Crippen molar-refractivity contribution in [3.05, 3.63) is 99.2 Å². The molecule has 1 atom stereocenters. The molecule has 4 rings (SSSR count). The van der Waals surface area contributed by atoms with Gasteiger partial charge in [-0.3, -0.25) is 14.3 Å². The molecule has 178 valence electrons. The second-order valence-electron chi connectivity index (χ2n) is 8.81. The van der Waals surface area contributed by atoms with Crippen LogP contribution in [0.1, 0.15) is 36.3 Å². The van der Waals surface area contributed by atoms with Crippen LogP contribution in [0.2, 0.25) is 0 Å². The summed E-state index contributed by atoms with van der Waals surface area (Å²) in [5.41, 5.74) is 2.10. The van der Waals surface area contributed by atoms with Gasteiger partial charge in [0.05, 0.1) is 18.0 Å². The van der Waals surface area contributed by atoms with Crippen LogP contribution in [0, 0.1) is 5.82 Å². The Kier molecular flexibility index (Phi) is 7.88. The molecule has 2 aromatic heterocycles. The van der Waals surface area contributed by atoms with Crippen LogP contribution in [0.5, 0.6) is 0 Å². The lowest BCUT2D eigenvalue weighted by molar-refractivity contribution is 0.156. The normalized spacial score (nSPS) is 12.6. The van der Waals surface area contributed by atoms with E-state index in [1.54, 1.807) is 0 Å². The van der Waals surface area contributed by atoms with E-state index in [2.05, 4.69) is 30.8 Å². The van der Waals surface area contributed by atoms with E-state index in [4.69, 9.17) is 4.98 Å². The molecule has 0 N–H and O–H groups in total. The number of hydrogen-bond acceptors (Lipinski definition) is 5. The largest absolute Gasteiger partial charge is 0.308 e. The van der Waals surface area contributed by atoms with E-state index in [1.807, 2.05) is 58.5 Å². The number of fused-ring (bicyclic) bond motifs is 1. The summed E-state index contributed by atoms with van der Waals surface area (Å²) < 4.78 is 15.4. The van der Waals surface area contributed by atoms with Crippen molar-refractivity contribution >= 4 is 21.6 Å². The quantitative estimate of drug-likeness (QED) is 0.316. The number of halogens is 1. The number of benzene rings is 2. The van der Waals surface area contributed by atoms with Gasteiger partial charge in [0.25, 0.3) is 5.56 Å². The van der Waals surface area contributed by atoms with Gasteiger partial charge >= 0.3 is 0 Å². The first kappa shape index (κ1) is 24.3. The molecule has 0 aliphatic rings. The van der Waals surface area contributed by atoms with Crippen molar-refractivity contribution in [3.8, 4) is 0 Å². The monoisotopic (exact) mass is 478 g/mol. The highest BCUT2D eigenvalue weighted by molar-refractivity contribution is 7.16. The number of rotatable bonds is 10. The van der Waals surface area contributed by atoms with Gasteiger partial charge in [-0.25, -0.2) is 9.37 Å². The fourth-order valence-electron chi connectivity index (χ4n) is 4.24. The molecular weight excluding hydrogens is 447 g/mol. The molecule has 0 saturated heterocycles. The maximum Gasteiger partial charge on any atom is 0.262 e. The Morgan fingerprint density at radius 2 is 1.74 bits per heavy atom. The van der Waals surface area contributed by atoms with Gasteiger partial charge < -0.3 is 4.90 Å². The summed E-state index contributed by atoms with van der Waals surface area (Å²) in [6, 6.07) is 18.5. The van der Waals surface area contributed by atoms with E-state index < -0.39 is 0 Å². The SMILES string of the molecule is CCC(c1nc2sccc2c(=O)n1Cc1ccccc1)N(CCN(C)C)Cc1ccc(F)cc1. The Balaban J connectivity index is 1.79. The molecule has 0 aliphatic carbocycles. The summed E-state index contributed by atoms with van der Waals surface area (Å²) in [5.74, 6) is 0.546. The first-order chi connectivity index (χ1) is 16.5. The molecule has 34 heavy (non-hydrogen) atoms. The van der Waals surface area contributed by atoms with Crippen molar-refractivity contribution in [2.75, 3.05) is 27.2 Å².